The van der Waals surface area contributed by atoms with Crippen molar-refractivity contribution in [2.24, 2.45) is 0 Å². The van der Waals surface area contributed by atoms with Gasteiger partial charge in [-0.2, -0.15) is 0 Å². The average molecular weight is 522 g/mol. The van der Waals surface area contributed by atoms with Gasteiger partial charge in [0.15, 0.2) is 0 Å². The first-order chi connectivity index (χ1) is 18.7. The summed E-state index contributed by atoms with van der Waals surface area (Å²) in [4.78, 5) is 5.21. The van der Waals surface area contributed by atoms with Crippen molar-refractivity contribution in [3.05, 3.63) is 146 Å². The first-order valence-electron chi connectivity index (χ1n) is 12.8. The largest absolute Gasteiger partial charge is 0.247 e. The molecule has 0 radical (unpaired) electrons. The Hall–Kier alpha value is -4.10. The van der Waals surface area contributed by atoms with Gasteiger partial charge < -0.3 is 0 Å². The molecule has 0 aliphatic rings. The molecular weight excluding hydrogens is 497 g/mol. The van der Waals surface area contributed by atoms with Crippen molar-refractivity contribution < 1.29 is 0 Å². The zero-order chi connectivity index (χ0) is 25.5. The molecule has 0 spiro atoms. The number of benzene rings is 6. The van der Waals surface area contributed by atoms with E-state index in [0.29, 0.717) is 0 Å². The first kappa shape index (κ1) is 23.0. The van der Waals surface area contributed by atoms with Gasteiger partial charge in [0.25, 0.3) is 0 Å². The molecule has 0 aliphatic carbocycles. The van der Waals surface area contributed by atoms with Crippen LogP contribution in [0.3, 0.4) is 0 Å². The van der Waals surface area contributed by atoms with Crippen molar-refractivity contribution in [2.45, 2.75) is 0 Å². The van der Waals surface area contributed by atoms with Gasteiger partial charge in [-0.15, -0.1) is 0 Å². The van der Waals surface area contributed by atoms with Gasteiger partial charge in [0.1, 0.15) is 0 Å². The molecule has 7 rings (SSSR count). The smallest absolute Gasteiger partial charge is 0.0788 e. The number of fused-ring (bicyclic) bond motifs is 4. The van der Waals surface area contributed by atoms with Crippen molar-refractivity contribution in [1.29, 1.82) is 0 Å². The molecule has 6 aromatic carbocycles. The Bertz CT molecular complexity index is 1940. The van der Waals surface area contributed by atoms with E-state index in [1.165, 1.54) is 37.5 Å². The van der Waals surface area contributed by atoms with Crippen LogP contribution in [0, 0.1) is 0 Å². The minimum Gasteiger partial charge on any atom is -0.247 e. The van der Waals surface area contributed by atoms with Gasteiger partial charge in [0, 0.05) is 22.4 Å². The van der Waals surface area contributed by atoms with Crippen LogP contribution < -0.4 is 15.9 Å². The molecule has 0 amide bonds. The van der Waals surface area contributed by atoms with Crippen LogP contribution in [0.5, 0.6) is 0 Å². The van der Waals surface area contributed by atoms with Crippen molar-refractivity contribution >= 4 is 66.2 Å². The predicted octanol–water partition coefficient (Wildman–Crippen LogP) is 7.96. The summed E-state index contributed by atoms with van der Waals surface area (Å²) in [6.07, 6.45) is 0. The van der Waals surface area contributed by atoms with E-state index in [-0.39, 0.29) is 0 Å². The molecule has 1 nitrogen and oxygen atoms in total. The third-order valence-electron chi connectivity index (χ3n) is 7.31. The summed E-state index contributed by atoms with van der Waals surface area (Å²) in [7, 11) is 0. The maximum Gasteiger partial charge on any atom is 0.0788 e. The lowest BCUT2D eigenvalue weighted by Gasteiger charge is -2.24. The van der Waals surface area contributed by atoms with Gasteiger partial charge in [-0.25, -0.2) is 4.98 Å². The summed E-state index contributed by atoms with van der Waals surface area (Å²) in [5.41, 5.74) is 3.12. The van der Waals surface area contributed by atoms with Crippen LogP contribution in [-0.4, -0.2) is 4.98 Å². The van der Waals surface area contributed by atoms with Crippen LogP contribution in [0.2, 0.25) is 0 Å². The number of rotatable bonds is 4. The summed E-state index contributed by atoms with van der Waals surface area (Å²) in [6, 6.07) is 49.3. The molecule has 0 fully saturated rings. The summed E-state index contributed by atoms with van der Waals surface area (Å²) in [5, 5.41) is 9.60. The quantitative estimate of drug-likeness (QED) is 0.132. The van der Waals surface area contributed by atoms with Crippen molar-refractivity contribution in [2.75, 3.05) is 0 Å². The highest BCUT2D eigenvalue weighted by molar-refractivity contribution is 8.25. The van der Waals surface area contributed by atoms with Crippen molar-refractivity contribution in [3.8, 4) is 11.3 Å². The van der Waals surface area contributed by atoms with Gasteiger partial charge in [0.2, 0.25) is 0 Å². The lowest BCUT2D eigenvalue weighted by atomic mass is 9.98. The van der Waals surface area contributed by atoms with E-state index in [9.17, 15) is 0 Å². The van der Waals surface area contributed by atoms with Crippen LogP contribution in [0.15, 0.2) is 146 Å². The second kappa shape index (κ2) is 9.33. The first-order valence-corrected chi connectivity index (χ1v) is 15.6. The van der Waals surface area contributed by atoms with Gasteiger partial charge in [-0.3, -0.25) is 0 Å². The number of nitrogens with zero attached hydrogens (tertiary/aromatic N) is 1. The number of hydrogen-bond donors (Lipinski definition) is 0. The molecule has 1 aromatic heterocycles. The van der Waals surface area contributed by atoms with Gasteiger partial charge in [-0.05, 0) is 44.2 Å². The fraction of sp³-hybridized carbons (Fsp3) is 0. The van der Waals surface area contributed by atoms with Crippen LogP contribution >= 0.6 is 6.04 Å². The minimum atomic E-state index is -2.19. The van der Waals surface area contributed by atoms with E-state index in [0.717, 1.165) is 22.2 Å². The van der Waals surface area contributed by atoms with Crippen LogP contribution in [0.1, 0.15) is 0 Å². The Morgan fingerprint density at radius 2 is 0.947 bits per heavy atom. The third kappa shape index (κ3) is 3.77. The van der Waals surface area contributed by atoms with E-state index in [4.69, 9.17) is 16.8 Å². The molecule has 180 valence electrons. The second-order valence-electron chi connectivity index (χ2n) is 9.55. The van der Waals surface area contributed by atoms with E-state index >= 15 is 0 Å². The van der Waals surface area contributed by atoms with E-state index in [1.54, 1.807) is 0 Å². The standard InChI is InChI=1S/C35H24NPS/c38-37(28-13-3-1-4-14-28,29-15-5-2-6-16-29)30-21-19-25(20-22-30)35-32-18-10-9-17-31(32)33-23-26-11-7-8-12-27(26)24-34(33)36-35/h1-24H. The molecule has 0 unspecified atom stereocenters. The maximum atomic E-state index is 6.54. The van der Waals surface area contributed by atoms with Crippen molar-refractivity contribution in [1.82, 2.24) is 4.98 Å². The van der Waals surface area contributed by atoms with Crippen LogP contribution in [0.25, 0.3) is 43.7 Å². The van der Waals surface area contributed by atoms with Gasteiger partial charge in [-0.1, -0.05) is 145 Å². The molecule has 38 heavy (non-hydrogen) atoms. The Kier molecular flexibility index (Phi) is 5.66. The van der Waals surface area contributed by atoms with Crippen LogP contribution in [0.4, 0.5) is 0 Å². The average Bonchev–Trinajstić information content (AvgIpc) is 3.00. The van der Waals surface area contributed by atoms with Gasteiger partial charge in [0.05, 0.1) is 11.2 Å². The number of pyridine rings is 1. The third-order valence-corrected chi connectivity index (χ3v) is 12.3. The summed E-state index contributed by atoms with van der Waals surface area (Å²) in [6.45, 7) is 0. The lowest BCUT2D eigenvalue weighted by molar-refractivity contribution is 1.43. The molecule has 0 aliphatic heterocycles. The molecule has 0 saturated heterocycles. The zero-order valence-electron chi connectivity index (χ0n) is 20.7. The summed E-state index contributed by atoms with van der Waals surface area (Å²) < 4.78 is 0. The molecule has 0 bridgehead atoms. The molecular formula is C35H24NPS. The zero-order valence-corrected chi connectivity index (χ0v) is 22.4. The SMILES string of the molecule is S=P(c1ccccc1)(c1ccccc1)c1ccc(-c2nc3cc4ccccc4cc3c3ccccc23)cc1. The topological polar surface area (TPSA) is 12.9 Å². The monoisotopic (exact) mass is 521 g/mol. The second-order valence-corrected chi connectivity index (χ2v) is 14.0. The summed E-state index contributed by atoms with van der Waals surface area (Å²) in [5.74, 6) is 0. The van der Waals surface area contributed by atoms with E-state index in [1.807, 2.05) is 0 Å². The Morgan fingerprint density at radius 3 is 1.58 bits per heavy atom. The predicted molar refractivity (Wildman–Crippen MR) is 168 cm³/mol. The molecule has 3 heteroatoms. The van der Waals surface area contributed by atoms with Crippen LogP contribution in [-0.2, 0) is 11.8 Å². The minimum absolute atomic E-state index is 1.00. The summed E-state index contributed by atoms with van der Waals surface area (Å²) >= 11 is 6.54. The fourth-order valence-electron chi connectivity index (χ4n) is 5.41. The maximum absolute atomic E-state index is 6.54. The molecule has 0 atom stereocenters. The molecule has 7 aromatic rings. The Labute approximate surface area is 227 Å². The fourth-order valence-corrected chi connectivity index (χ4v) is 9.16. The Morgan fingerprint density at radius 1 is 0.447 bits per heavy atom. The molecule has 1 heterocycles. The highest BCUT2D eigenvalue weighted by atomic mass is 32.4. The van der Waals surface area contributed by atoms with Crippen molar-refractivity contribution in [3.63, 3.8) is 0 Å². The number of aromatic nitrogens is 1. The normalized spacial score (nSPS) is 11.8. The Balaban J connectivity index is 1.42. The lowest BCUT2D eigenvalue weighted by Crippen LogP contribution is -2.24. The highest BCUT2D eigenvalue weighted by Gasteiger charge is 2.24. The van der Waals surface area contributed by atoms with E-state index in [2.05, 4.69) is 146 Å². The van der Waals surface area contributed by atoms with E-state index < -0.39 is 6.04 Å². The molecule has 0 saturated carbocycles. The number of hydrogen-bond acceptors (Lipinski definition) is 2. The molecule has 0 N–H and O–H groups in total. The highest BCUT2D eigenvalue weighted by Crippen LogP contribution is 2.43. The van der Waals surface area contributed by atoms with Gasteiger partial charge >= 0.3 is 0 Å².